The number of rotatable bonds is 4. The molecule has 0 spiro atoms. The molecule has 0 bridgehead atoms. The van der Waals surface area contributed by atoms with Gasteiger partial charge in [0.25, 0.3) is 0 Å². The van der Waals surface area contributed by atoms with Gasteiger partial charge in [-0.3, -0.25) is 5.32 Å². The van der Waals surface area contributed by atoms with E-state index in [1.54, 1.807) is 45.0 Å². The monoisotopic (exact) mass is 299 g/mol. The van der Waals surface area contributed by atoms with Gasteiger partial charge in [-0.25, -0.2) is 4.79 Å². The van der Waals surface area contributed by atoms with E-state index in [0.29, 0.717) is 11.3 Å². The third-order valence-electron chi connectivity index (χ3n) is 2.42. The molecule has 0 radical (unpaired) electrons. The van der Waals surface area contributed by atoms with Gasteiger partial charge in [0, 0.05) is 11.4 Å². The summed E-state index contributed by atoms with van der Waals surface area (Å²) < 4.78 is 5.14. The zero-order valence-electron chi connectivity index (χ0n) is 11.8. The third-order valence-corrected chi connectivity index (χ3v) is 2.80. The first-order valence-corrected chi connectivity index (χ1v) is 6.93. The maximum atomic E-state index is 11.6. The molecule has 0 fully saturated rings. The number of ether oxygens (including phenoxy) is 1. The summed E-state index contributed by atoms with van der Waals surface area (Å²) in [5, 5.41) is 22.0. The number of carbonyl (C=O) groups is 1. The highest BCUT2D eigenvalue weighted by Gasteiger charge is 2.19. The van der Waals surface area contributed by atoms with Crippen LogP contribution in [0, 0.1) is 0 Å². The molecule has 20 heavy (non-hydrogen) atoms. The van der Waals surface area contributed by atoms with Crippen molar-refractivity contribution in [2.45, 2.75) is 38.6 Å². The molecule has 6 heteroatoms. The highest BCUT2D eigenvalue weighted by molar-refractivity contribution is 7.80. The van der Waals surface area contributed by atoms with Gasteiger partial charge in [0.15, 0.2) is 0 Å². The van der Waals surface area contributed by atoms with E-state index in [-0.39, 0.29) is 5.75 Å². The van der Waals surface area contributed by atoms with Crippen molar-refractivity contribution >= 4 is 24.4 Å². The first kappa shape index (κ1) is 16.8. The summed E-state index contributed by atoms with van der Waals surface area (Å²) in [7, 11) is 0. The van der Waals surface area contributed by atoms with Crippen molar-refractivity contribution in [1.29, 1.82) is 0 Å². The first-order valence-electron chi connectivity index (χ1n) is 6.30. The molecule has 1 rings (SSSR count). The smallest absolute Gasteiger partial charge is 0.412 e. The maximum absolute atomic E-state index is 11.6. The second-order valence-electron chi connectivity index (χ2n) is 5.45. The van der Waals surface area contributed by atoms with Crippen molar-refractivity contribution in [2.75, 3.05) is 11.1 Å². The Hall–Kier alpha value is -1.24. The Labute approximate surface area is 124 Å². The number of amides is 1. The molecule has 0 saturated heterocycles. The van der Waals surface area contributed by atoms with E-state index in [4.69, 9.17) is 4.74 Å². The van der Waals surface area contributed by atoms with Crippen LogP contribution in [0.2, 0.25) is 0 Å². The number of aliphatic hydroxyl groups is 2. The summed E-state index contributed by atoms with van der Waals surface area (Å²) in [6.07, 6.45) is -2.58. The minimum Gasteiger partial charge on any atom is -0.444 e. The minimum atomic E-state index is -1.05. The fourth-order valence-corrected chi connectivity index (χ4v) is 1.74. The van der Waals surface area contributed by atoms with Crippen LogP contribution in [0.1, 0.15) is 32.4 Å². The summed E-state index contributed by atoms with van der Waals surface area (Å²) in [6, 6.07) is 6.60. The fourth-order valence-electron chi connectivity index (χ4n) is 1.54. The largest absolute Gasteiger partial charge is 0.444 e. The van der Waals surface area contributed by atoms with E-state index >= 15 is 0 Å². The van der Waals surface area contributed by atoms with Crippen LogP contribution in [-0.2, 0) is 4.74 Å². The first-order chi connectivity index (χ1) is 9.23. The lowest BCUT2D eigenvalue weighted by Gasteiger charge is -2.20. The Morgan fingerprint density at radius 1 is 1.40 bits per heavy atom. The van der Waals surface area contributed by atoms with Crippen LogP contribution in [0.3, 0.4) is 0 Å². The van der Waals surface area contributed by atoms with Gasteiger partial charge in [-0.15, -0.1) is 0 Å². The second-order valence-corrected chi connectivity index (χ2v) is 5.81. The molecule has 5 nitrogen and oxygen atoms in total. The van der Waals surface area contributed by atoms with Gasteiger partial charge in [-0.05, 0) is 38.5 Å². The number of hydrogen-bond acceptors (Lipinski definition) is 5. The van der Waals surface area contributed by atoms with Crippen molar-refractivity contribution in [3.63, 3.8) is 0 Å². The molecule has 1 amide bonds. The van der Waals surface area contributed by atoms with E-state index in [9.17, 15) is 15.0 Å². The lowest BCUT2D eigenvalue weighted by Crippen LogP contribution is -2.27. The number of carbonyl (C=O) groups excluding carboxylic acids is 1. The molecule has 0 aliphatic heterocycles. The van der Waals surface area contributed by atoms with Crippen molar-refractivity contribution in [3.05, 3.63) is 29.8 Å². The molecular weight excluding hydrogens is 278 g/mol. The van der Waals surface area contributed by atoms with Gasteiger partial charge in [0.05, 0.1) is 6.10 Å². The normalized spacial score (nSPS) is 14.5. The lowest BCUT2D eigenvalue weighted by atomic mass is 10.0. The predicted molar refractivity (Wildman–Crippen MR) is 81.1 cm³/mol. The molecule has 0 aliphatic carbocycles. The van der Waals surface area contributed by atoms with Crippen LogP contribution in [0.4, 0.5) is 10.5 Å². The van der Waals surface area contributed by atoms with Crippen molar-refractivity contribution < 1.29 is 19.7 Å². The Morgan fingerprint density at radius 2 is 2.05 bits per heavy atom. The molecule has 0 saturated carbocycles. The van der Waals surface area contributed by atoms with Crippen LogP contribution < -0.4 is 5.32 Å². The van der Waals surface area contributed by atoms with Crippen LogP contribution in [-0.4, -0.2) is 33.8 Å². The molecule has 112 valence electrons. The summed E-state index contributed by atoms with van der Waals surface area (Å²) in [4.78, 5) is 11.6. The van der Waals surface area contributed by atoms with Gasteiger partial charge in [0.2, 0.25) is 0 Å². The van der Waals surface area contributed by atoms with Gasteiger partial charge in [-0.1, -0.05) is 12.1 Å². The number of hydrogen-bond donors (Lipinski definition) is 4. The van der Waals surface area contributed by atoms with Crippen LogP contribution in [0.5, 0.6) is 0 Å². The average molecular weight is 299 g/mol. The van der Waals surface area contributed by atoms with Gasteiger partial charge in [0.1, 0.15) is 11.7 Å². The predicted octanol–water partition coefficient (Wildman–Crippen LogP) is 2.36. The zero-order chi connectivity index (χ0) is 15.3. The maximum Gasteiger partial charge on any atom is 0.412 e. The quantitative estimate of drug-likeness (QED) is 0.644. The zero-order valence-corrected chi connectivity index (χ0v) is 12.7. The Bertz CT molecular complexity index is 459. The highest BCUT2D eigenvalue weighted by Crippen LogP contribution is 2.21. The van der Waals surface area contributed by atoms with Crippen molar-refractivity contribution in [3.8, 4) is 0 Å². The average Bonchev–Trinajstić information content (AvgIpc) is 2.34. The summed E-state index contributed by atoms with van der Waals surface area (Å²) in [6.45, 7) is 5.32. The molecule has 0 heterocycles. The van der Waals surface area contributed by atoms with E-state index in [2.05, 4.69) is 17.9 Å². The van der Waals surface area contributed by atoms with Crippen LogP contribution in [0.25, 0.3) is 0 Å². The number of nitrogens with one attached hydrogen (secondary N) is 1. The van der Waals surface area contributed by atoms with Gasteiger partial charge >= 0.3 is 6.09 Å². The molecule has 0 aliphatic rings. The van der Waals surface area contributed by atoms with Crippen LogP contribution >= 0.6 is 12.6 Å². The third kappa shape index (κ3) is 5.40. The molecular formula is C14H21NO4S. The van der Waals surface area contributed by atoms with Gasteiger partial charge in [-0.2, -0.15) is 12.6 Å². The molecule has 1 aromatic carbocycles. The molecule has 2 atom stereocenters. The lowest BCUT2D eigenvalue weighted by molar-refractivity contribution is 0.0338. The molecule has 2 unspecified atom stereocenters. The summed E-state index contributed by atoms with van der Waals surface area (Å²) >= 11 is 3.93. The number of anilines is 1. The number of aliphatic hydroxyl groups excluding tert-OH is 2. The summed E-state index contributed by atoms with van der Waals surface area (Å²) in [5.74, 6) is 0.144. The Kier molecular flexibility index (Phi) is 5.86. The number of thiol groups is 1. The highest BCUT2D eigenvalue weighted by atomic mass is 32.1. The number of benzene rings is 1. The molecule has 3 N–H and O–H groups in total. The van der Waals surface area contributed by atoms with Gasteiger partial charge < -0.3 is 14.9 Å². The molecule has 0 aromatic heterocycles. The van der Waals surface area contributed by atoms with E-state index in [0.717, 1.165) is 0 Å². The van der Waals surface area contributed by atoms with E-state index < -0.39 is 23.9 Å². The standard InChI is InChI=1S/C14H21NO4S/c1-14(2,3)19-13(18)15-10-6-4-5-9(7-10)12(17)11(16)8-20/h4-7,11-12,16-17,20H,8H2,1-3H3,(H,15,18). The minimum absolute atomic E-state index is 0.144. The topological polar surface area (TPSA) is 78.8 Å². The Morgan fingerprint density at radius 3 is 2.60 bits per heavy atom. The van der Waals surface area contributed by atoms with Crippen molar-refractivity contribution in [1.82, 2.24) is 0 Å². The van der Waals surface area contributed by atoms with Crippen LogP contribution in [0.15, 0.2) is 24.3 Å². The Balaban J connectivity index is 2.76. The SMILES string of the molecule is CC(C)(C)OC(=O)Nc1cccc(C(O)C(O)CS)c1. The fraction of sp³-hybridized carbons (Fsp3) is 0.500. The van der Waals surface area contributed by atoms with E-state index in [1.807, 2.05) is 0 Å². The van der Waals surface area contributed by atoms with E-state index in [1.165, 1.54) is 0 Å². The second kappa shape index (κ2) is 6.97. The summed E-state index contributed by atoms with van der Waals surface area (Å²) in [5.41, 5.74) is 0.408. The van der Waals surface area contributed by atoms with Crippen molar-refractivity contribution in [2.24, 2.45) is 0 Å². The molecule has 1 aromatic rings.